The summed E-state index contributed by atoms with van der Waals surface area (Å²) in [6.45, 7) is 0. The molecule has 17 heavy (non-hydrogen) atoms. The van der Waals surface area contributed by atoms with Crippen molar-refractivity contribution in [3.8, 4) is 0 Å². The SMILES string of the molecule is O=C(O)c1ccc(Cl)nc1Sc1ccccc1. The van der Waals surface area contributed by atoms with Crippen molar-refractivity contribution >= 4 is 29.3 Å². The molecule has 2 rings (SSSR count). The van der Waals surface area contributed by atoms with Crippen LogP contribution in [0.4, 0.5) is 0 Å². The van der Waals surface area contributed by atoms with Gasteiger partial charge in [-0.1, -0.05) is 41.6 Å². The van der Waals surface area contributed by atoms with Crippen LogP contribution in [0.2, 0.25) is 5.15 Å². The molecule has 0 radical (unpaired) electrons. The molecule has 0 amide bonds. The summed E-state index contributed by atoms with van der Waals surface area (Å²) in [5.41, 5.74) is 0.156. The summed E-state index contributed by atoms with van der Waals surface area (Å²) in [6.07, 6.45) is 0. The van der Waals surface area contributed by atoms with Gasteiger partial charge >= 0.3 is 5.97 Å². The minimum absolute atomic E-state index is 0.156. The van der Waals surface area contributed by atoms with E-state index in [1.54, 1.807) is 0 Å². The fourth-order valence-electron chi connectivity index (χ4n) is 1.26. The van der Waals surface area contributed by atoms with Gasteiger partial charge in [-0.2, -0.15) is 0 Å². The van der Waals surface area contributed by atoms with Gasteiger partial charge in [-0.3, -0.25) is 0 Å². The van der Waals surface area contributed by atoms with E-state index in [0.717, 1.165) is 4.90 Å². The highest BCUT2D eigenvalue weighted by Gasteiger charge is 2.13. The van der Waals surface area contributed by atoms with Gasteiger partial charge in [0, 0.05) is 4.90 Å². The van der Waals surface area contributed by atoms with E-state index in [1.807, 2.05) is 30.3 Å². The van der Waals surface area contributed by atoms with Crippen LogP contribution >= 0.6 is 23.4 Å². The number of hydrogen-bond donors (Lipinski definition) is 1. The zero-order valence-corrected chi connectivity index (χ0v) is 10.2. The summed E-state index contributed by atoms with van der Waals surface area (Å²) >= 11 is 7.05. The number of carbonyl (C=O) groups is 1. The molecule has 0 unspecified atom stereocenters. The molecule has 1 N–H and O–H groups in total. The summed E-state index contributed by atoms with van der Waals surface area (Å²) in [7, 11) is 0. The fraction of sp³-hybridized carbons (Fsp3) is 0. The smallest absolute Gasteiger partial charge is 0.338 e. The van der Waals surface area contributed by atoms with Gasteiger partial charge in [-0.15, -0.1) is 0 Å². The zero-order valence-electron chi connectivity index (χ0n) is 8.63. The van der Waals surface area contributed by atoms with Crippen LogP contribution < -0.4 is 0 Å². The Bertz CT molecular complexity index is 545. The van der Waals surface area contributed by atoms with E-state index in [9.17, 15) is 4.79 Å². The molecule has 0 fully saturated rings. The molecule has 1 aromatic heterocycles. The normalized spacial score (nSPS) is 10.2. The first-order chi connectivity index (χ1) is 8.16. The maximum Gasteiger partial charge on any atom is 0.338 e. The van der Waals surface area contributed by atoms with E-state index >= 15 is 0 Å². The second-order valence-corrected chi connectivity index (χ2v) is 4.66. The Morgan fingerprint density at radius 1 is 1.18 bits per heavy atom. The molecule has 2 aromatic rings. The lowest BCUT2D eigenvalue weighted by molar-refractivity contribution is 0.0692. The van der Waals surface area contributed by atoms with Gasteiger partial charge in [-0.25, -0.2) is 9.78 Å². The Balaban J connectivity index is 2.37. The molecular weight excluding hydrogens is 258 g/mol. The number of hydrogen-bond acceptors (Lipinski definition) is 3. The topological polar surface area (TPSA) is 50.2 Å². The molecule has 0 saturated heterocycles. The summed E-state index contributed by atoms with van der Waals surface area (Å²) in [4.78, 5) is 16.0. The van der Waals surface area contributed by atoms with E-state index in [2.05, 4.69) is 4.98 Å². The van der Waals surface area contributed by atoms with Crippen molar-refractivity contribution in [1.82, 2.24) is 4.98 Å². The highest BCUT2D eigenvalue weighted by Crippen LogP contribution is 2.29. The lowest BCUT2D eigenvalue weighted by atomic mass is 10.3. The molecule has 1 heterocycles. The Hall–Kier alpha value is -1.52. The van der Waals surface area contributed by atoms with Crippen molar-refractivity contribution < 1.29 is 9.90 Å². The van der Waals surface area contributed by atoms with E-state index in [-0.39, 0.29) is 10.7 Å². The minimum Gasteiger partial charge on any atom is -0.478 e. The lowest BCUT2D eigenvalue weighted by Crippen LogP contribution is -2.00. The molecule has 0 aliphatic rings. The average Bonchev–Trinajstić information content (AvgIpc) is 2.30. The van der Waals surface area contributed by atoms with E-state index < -0.39 is 5.97 Å². The number of rotatable bonds is 3. The van der Waals surface area contributed by atoms with Gasteiger partial charge in [0.25, 0.3) is 0 Å². The lowest BCUT2D eigenvalue weighted by Gasteiger charge is -2.04. The third-order valence-corrected chi connectivity index (χ3v) is 3.24. The highest BCUT2D eigenvalue weighted by atomic mass is 35.5. The average molecular weight is 266 g/mol. The van der Waals surface area contributed by atoms with Gasteiger partial charge in [0.15, 0.2) is 0 Å². The minimum atomic E-state index is -1.01. The number of pyridine rings is 1. The van der Waals surface area contributed by atoms with Crippen LogP contribution in [-0.2, 0) is 0 Å². The first kappa shape index (κ1) is 12.0. The highest BCUT2D eigenvalue weighted by molar-refractivity contribution is 7.99. The molecule has 0 spiro atoms. The predicted octanol–water partition coefficient (Wildman–Crippen LogP) is 3.58. The quantitative estimate of drug-likeness (QED) is 0.862. The van der Waals surface area contributed by atoms with Crippen molar-refractivity contribution in [2.45, 2.75) is 9.92 Å². The predicted molar refractivity (Wildman–Crippen MR) is 66.8 cm³/mol. The number of carboxylic acids is 1. The molecule has 3 nitrogen and oxygen atoms in total. The maximum atomic E-state index is 11.0. The van der Waals surface area contributed by atoms with Gasteiger partial charge < -0.3 is 5.11 Å². The third-order valence-electron chi connectivity index (χ3n) is 2.01. The number of halogens is 1. The van der Waals surface area contributed by atoms with Gasteiger partial charge in [0.1, 0.15) is 10.2 Å². The van der Waals surface area contributed by atoms with Crippen LogP contribution in [0.15, 0.2) is 52.4 Å². The summed E-state index contributed by atoms with van der Waals surface area (Å²) < 4.78 is 0. The molecule has 0 bridgehead atoms. The van der Waals surface area contributed by atoms with E-state index in [0.29, 0.717) is 5.03 Å². The van der Waals surface area contributed by atoms with E-state index in [1.165, 1.54) is 23.9 Å². The largest absolute Gasteiger partial charge is 0.478 e. The van der Waals surface area contributed by atoms with Crippen LogP contribution in [0.25, 0.3) is 0 Å². The second-order valence-electron chi connectivity index (χ2n) is 3.21. The van der Waals surface area contributed by atoms with Crippen molar-refractivity contribution in [1.29, 1.82) is 0 Å². The molecule has 5 heteroatoms. The van der Waals surface area contributed by atoms with Crippen LogP contribution in [0.3, 0.4) is 0 Å². The number of benzene rings is 1. The molecule has 1 aromatic carbocycles. The molecular formula is C12H8ClNO2S. The van der Waals surface area contributed by atoms with Crippen LogP contribution in [0.1, 0.15) is 10.4 Å². The summed E-state index contributed by atoms with van der Waals surface area (Å²) in [5, 5.41) is 9.72. The number of aromatic carboxylic acids is 1. The van der Waals surface area contributed by atoms with Crippen LogP contribution in [0, 0.1) is 0 Å². The third kappa shape index (κ3) is 2.99. The van der Waals surface area contributed by atoms with Gasteiger partial charge in [0.2, 0.25) is 0 Å². The second kappa shape index (κ2) is 5.21. The standard InChI is InChI=1S/C12H8ClNO2S/c13-10-7-6-9(12(15)16)11(14-10)17-8-4-2-1-3-5-8/h1-7H,(H,15,16). The van der Waals surface area contributed by atoms with E-state index in [4.69, 9.17) is 16.7 Å². The molecule has 0 atom stereocenters. The molecule has 0 aliphatic heterocycles. The molecule has 0 saturated carbocycles. The fourth-order valence-corrected chi connectivity index (χ4v) is 2.38. The van der Waals surface area contributed by atoms with Crippen molar-refractivity contribution in [3.05, 3.63) is 53.2 Å². The van der Waals surface area contributed by atoms with Gasteiger partial charge in [-0.05, 0) is 24.3 Å². The number of carboxylic acid groups (broad SMARTS) is 1. The zero-order chi connectivity index (χ0) is 12.3. The van der Waals surface area contributed by atoms with Crippen molar-refractivity contribution in [3.63, 3.8) is 0 Å². The maximum absolute atomic E-state index is 11.0. The van der Waals surface area contributed by atoms with Gasteiger partial charge in [0.05, 0.1) is 5.56 Å². The number of aromatic nitrogens is 1. The number of nitrogens with zero attached hydrogens (tertiary/aromatic N) is 1. The Morgan fingerprint density at radius 2 is 1.88 bits per heavy atom. The summed E-state index contributed by atoms with van der Waals surface area (Å²) in [5.74, 6) is -1.01. The van der Waals surface area contributed by atoms with Crippen LogP contribution in [-0.4, -0.2) is 16.1 Å². The summed E-state index contributed by atoms with van der Waals surface area (Å²) in [6, 6.07) is 12.4. The monoisotopic (exact) mass is 265 g/mol. The van der Waals surface area contributed by atoms with Crippen LogP contribution in [0.5, 0.6) is 0 Å². The Labute approximate surface area is 107 Å². The first-order valence-corrected chi connectivity index (χ1v) is 5.99. The Morgan fingerprint density at radius 3 is 2.53 bits per heavy atom. The molecule has 86 valence electrons. The first-order valence-electron chi connectivity index (χ1n) is 4.79. The van der Waals surface area contributed by atoms with Crippen molar-refractivity contribution in [2.75, 3.05) is 0 Å². The molecule has 0 aliphatic carbocycles. The Kier molecular flexibility index (Phi) is 3.66. The van der Waals surface area contributed by atoms with Crippen molar-refractivity contribution in [2.24, 2.45) is 0 Å².